The summed E-state index contributed by atoms with van der Waals surface area (Å²) in [7, 11) is 0. The van der Waals surface area contributed by atoms with Gasteiger partial charge >= 0.3 is 0 Å². The Balaban J connectivity index is 1.12. The number of amides is 1. The van der Waals surface area contributed by atoms with Crippen LogP contribution in [-0.4, -0.2) is 56.1 Å². The van der Waals surface area contributed by atoms with Crippen molar-refractivity contribution < 1.29 is 9.53 Å². The Morgan fingerprint density at radius 2 is 2.03 bits per heavy atom. The van der Waals surface area contributed by atoms with Gasteiger partial charge in [0.1, 0.15) is 6.61 Å². The van der Waals surface area contributed by atoms with Crippen LogP contribution < -0.4 is 5.32 Å². The molecule has 0 spiro atoms. The van der Waals surface area contributed by atoms with Crippen LogP contribution in [0.2, 0.25) is 0 Å². The number of carbonyl (C=O) groups excluding carboxylic acids is 1. The summed E-state index contributed by atoms with van der Waals surface area (Å²) in [6.45, 7) is 2.45. The maximum atomic E-state index is 12.5. The van der Waals surface area contributed by atoms with Gasteiger partial charge in [-0.25, -0.2) is 15.0 Å². The molecule has 0 fully saturated rings. The molecule has 5 rings (SSSR count). The number of carbonyl (C=O) groups is 1. The first-order valence-electron chi connectivity index (χ1n) is 10.7. The number of imidazole rings is 1. The highest BCUT2D eigenvalue weighted by molar-refractivity contribution is 5.77. The molecule has 1 amide bonds. The summed E-state index contributed by atoms with van der Waals surface area (Å²) in [5.74, 6) is 0.682. The van der Waals surface area contributed by atoms with E-state index in [9.17, 15) is 4.79 Å². The lowest BCUT2D eigenvalue weighted by Gasteiger charge is -2.28. The molecule has 160 valence electrons. The van der Waals surface area contributed by atoms with E-state index in [-0.39, 0.29) is 12.5 Å². The fourth-order valence-corrected chi connectivity index (χ4v) is 4.28. The van der Waals surface area contributed by atoms with Crippen molar-refractivity contribution in [3.05, 3.63) is 71.6 Å². The smallest absolute Gasteiger partial charge is 0.248 e. The largest absolute Gasteiger partial charge is 0.370 e. The normalized spacial score (nSPS) is 15.5. The van der Waals surface area contributed by atoms with Crippen LogP contribution in [0.5, 0.6) is 0 Å². The highest BCUT2D eigenvalue weighted by Crippen LogP contribution is 2.24. The zero-order valence-corrected chi connectivity index (χ0v) is 17.4. The Labute approximate surface area is 181 Å². The van der Waals surface area contributed by atoms with Crippen molar-refractivity contribution >= 4 is 11.9 Å². The van der Waals surface area contributed by atoms with Gasteiger partial charge in [0.2, 0.25) is 11.9 Å². The molecule has 1 aliphatic carbocycles. The predicted octanol–water partition coefficient (Wildman–Crippen LogP) is 1.85. The monoisotopic (exact) mass is 418 g/mol. The van der Waals surface area contributed by atoms with Gasteiger partial charge in [-0.05, 0) is 24.0 Å². The maximum absolute atomic E-state index is 12.5. The highest BCUT2D eigenvalue weighted by Gasteiger charge is 2.24. The zero-order chi connectivity index (χ0) is 21.0. The van der Waals surface area contributed by atoms with Crippen LogP contribution in [0.4, 0.5) is 5.95 Å². The van der Waals surface area contributed by atoms with E-state index in [0.29, 0.717) is 38.2 Å². The van der Waals surface area contributed by atoms with Crippen molar-refractivity contribution in [1.29, 1.82) is 0 Å². The lowest BCUT2D eigenvalue weighted by molar-refractivity contribution is -0.137. The van der Waals surface area contributed by atoms with Crippen LogP contribution in [0.1, 0.15) is 22.4 Å². The molecule has 0 saturated carbocycles. The lowest BCUT2D eigenvalue weighted by Crippen LogP contribution is -2.39. The van der Waals surface area contributed by atoms with E-state index >= 15 is 0 Å². The summed E-state index contributed by atoms with van der Waals surface area (Å²) in [6, 6.07) is 8.90. The fourth-order valence-electron chi connectivity index (χ4n) is 4.28. The van der Waals surface area contributed by atoms with Crippen LogP contribution in [0.25, 0.3) is 0 Å². The van der Waals surface area contributed by atoms with E-state index in [0.717, 1.165) is 30.5 Å². The van der Waals surface area contributed by atoms with Crippen LogP contribution >= 0.6 is 0 Å². The fraction of sp³-hybridized carbons (Fsp3) is 0.391. The van der Waals surface area contributed by atoms with E-state index in [1.54, 1.807) is 12.5 Å². The van der Waals surface area contributed by atoms with Gasteiger partial charge in [0.15, 0.2) is 0 Å². The zero-order valence-electron chi connectivity index (χ0n) is 17.4. The number of hydrogen-bond donors (Lipinski definition) is 1. The lowest BCUT2D eigenvalue weighted by atomic mass is 10.1. The molecule has 1 N–H and O–H groups in total. The molecular weight excluding hydrogens is 392 g/mol. The number of ether oxygens (including phenoxy) is 1. The van der Waals surface area contributed by atoms with E-state index in [1.165, 1.54) is 11.1 Å². The quantitative estimate of drug-likeness (QED) is 0.590. The van der Waals surface area contributed by atoms with Gasteiger partial charge in [-0.2, -0.15) is 0 Å². The molecule has 0 atom stereocenters. The first kappa shape index (κ1) is 19.7. The molecule has 2 aliphatic rings. The predicted molar refractivity (Wildman–Crippen MR) is 115 cm³/mol. The number of anilines is 1. The number of benzene rings is 1. The molecule has 31 heavy (non-hydrogen) atoms. The Hall–Kier alpha value is -3.26. The molecule has 3 aromatic rings. The van der Waals surface area contributed by atoms with E-state index in [1.807, 2.05) is 21.9 Å². The maximum Gasteiger partial charge on any atom is 0.248 e. The summed E-state index contributed by atoms with van der Waals surface area (Å²) >= 11 is 0. The third-order valence-electron chi connectivity index (χ3n) is 5.95. The van der Waals surface area contributed by atoms with Crippen molar-refractivity contribution in [3.8, 4) is 0 Å². The molecule has 0 radical (unpaired) electrons. The van der Waals surface area contributed by atoms with Crippen molar-refractivity contribution in [1.82, 2.24) is 24.4 Å². The van der Waals surface area contributed by atoms with Crippen molar-refractivity contribution in [2.24, 2.45) is 0 Å². The summed E-state index contributed by atoms with van der Waals surface area (Å²) in [4.78, 5) is 27.6. The standard InChI is InChI=1S/C23H26N6O2/c30-22(15-31-10-9-28-8-6-24-16-28)29-7-5-21-19(14-29)13-25-23(27-21)26-20-11-17-3-1-2-4-18(17)12-20/h1-4,6,8,13,16,20H,5,7,9-12,14-15H2,(H,25,26,27). The molecule has 0 saturated heterocycles. The first-order chi connectivity index (χ1) is 15.2. The average molecular weight is 419 g/mol. The van der Waals surface area contributed by atoms with Crippen molar-refractivity contribution in [2.75, 3.05) is 25.1 Å². The number of nitrogens with zero attached hydrogens (tertiary/aromatic N) is 5. The summed E-state index contributed by atoms with van der Waals surface area (Å²) < 4.78 is 7.47. The van der Waals surface area contributed by atoms with E-state index in [4.69, 9.17) is 9.72 Å². The number of nitrogens with one attached hydrogen (secondary N) is 1. The minimum Gasteiger partial charge on any atom is -0.370 e. The number of fused-ring (bicyclic) bond motifs is 2. The average Bonchev–Trinajstić information content (AvgIpc) is 3.45. The minimum absolute atomic E-state index is 0.00204. The van der Waals surface area contributed by atoms with Gasteiger partial charge in [0.25, 0.3) is 0 Å². The van der Waals surface area contributed by atoms with Crippen LogP contribution in [0.15, 0.2) is 49.2 Å². The molecule has 8 nitrogen and oxygen atoms in total. The highest BCUT2D eigenvalue weighted by atomic mass is 16.5. The molecule has 2 aromatic heterocycles. The van der Waals surface area contributed by atoms with E-state index < -0.39 is 0 Å². The van der Waals surface area contributed by atoms with Crippen LogP contribution in [0, 0.1) is 0 Å². The number of hydrogen-bond acceptors (Lipinski definition) is 6. The van der Waals surface area contributed by atoms with Gasteiger partial charge in [-0.3, -0.25) is 4.79 Å². The number of aromatic nitrogens is 4. The molecule has 1 aromatic carbocycles. The third kappa shape index (κ3) is 4.59. The molecule has 0 unspecified atom stereocenters. The number of rotatable bonds is 7. The Morgan fingerprint density at radius 1 is 1.19 bits per heavy atom. The first-order valence-corrected chi connectivity index (χ1v) is 10.7. The Kier molecular flexibility index (Phi) is 5.62. The molecule has 0 bridgehead atoms. The van der Waals surface area contributed by atoms with Gasteiger partial charge in [0.05, 0.1) is 18.6 Å². The summed E-state index contributed by atoms with van der Waals surface area (Å²) in [6.07, 6.45) is 9.93. The second kappa shape index (κ2) is 8.85. The molecular formula is C23H26N6O2. The van der Waals surface area contributed by atoms with Gasteiger partial charge in [-0.15, -0.1) is 0 Å². The second-order valence-corrected chi connectivity index (χ2v) is 8.10. The molecule has 1 aliphatic heterocycles. The summed E-state index contributed by atoms with van der Waals surface area (Å²) in [5, 5.41) is 3.49. The van der Waals surface area contributed by atoms with Gasteiger partial charge in [-0.1, -0.05) is 24.3 Å². The van der Waals surface area contributed by atoms with Gasteiger partial charge < -0.3 is 19.5 Å². The molecule has 8 heteroatoms. The van der Waals surface area contributed by atoms with Gasteiger partial charge in [0, 0.05) is 56.3 Å². The Morgan fingerprint density at radius 3 is 2.81 bits per heavy atom. The topological polar surface area (TPSA) is 85.2 Å². The van der Waals surface area contributed by atoms with E-state index in [2.05, 4.69) is 39.6 Å². The van der Waals surface area contributed by atoms with Crippen molar-refractivity contribution in [3.63, 3.8) is 0 Å². The second-order valence-electron chi connectivity index (χ2n) is 8.10. The third-order valence-corrected chi connectivity index (χ3v) is 5.95. The Bertz CT molecular complexity index is 1030. The SMILES string of the molecule is O=C(COCCn1ccnc1)N1CCc2nc(NC3Cc4ccccc4C3)ncc2C1. The minimum atomic E-state index is 0.00204. The summed E-state index contributed by atoms with van der Waals surface area (Å²) in [5.41, 5.74) is 4.84. The van der Waals surface area contributed by atoms with Crippen LogP contribution in [-0.2, 0) is 41.9 Å². The van der Waals surface area contributed by atoms with Crippen LogP contribution in [0.3, 0.4) is 0 Å². The molecule has 3 heterocycles. The van der Waals surface area contributed by atoms with Crippen molar-refractivity contribution in [2.45, 2.75) is 38.4 Å².